The molecule has 0 spiro atoms. The summed E-state index contributed by atoms with van der Waals surface area (Å²) >= 11 is 0. The lowest BCUT2D eigenvalue weighted by Crippen LogP contribution is -2.40. The molecule has 21 heavy (non-hydrogen) atoms. The molecule has 4 nitrogen and oxygen atoms in total. The van der Waals surface area contributed by atoms with Gasteiger partial charge in [-0.05, 0) is 39.4 Å². The van der Waals surface area contributed by atoms with Crippen molar-refractivity contribution in [1.29, 1.82) is 0 Å². The van der Waals surface area contributed by atoms with Crippen molar-refractivity contribution in [3.8, 4) is 0 Å². The molecule has 4 heteroatoms. The molecular weight excluding hydrogens is 260 g/mol. The van der Waals surface area contributed by atoms with Gasteiger partial charge in [0.05, 0.1) is 6.54 Å². The number of nitrogens with one attached hydrogen (secondary N) is 2. The van der Waals surface area contributed by atoms with Crippen LogP contribution in [-0.4, -0.2) is 50.6 Å². The van der Waals surface area contributed by atoms with Crippen LogP contribution in [0, 0.1) is 0 Å². The summed E-state index contributed by atoms with van der Waals surface area (Å²) in [4.78, 5) is 6.97. The molecule has 1 aromatic rings. The third-order valence-corrected chi connectivity index (χ3v) is 3.39. The summed E-state index contributed by atoms with van der Waals surface area (Å²) in [6.45, 7) is 6.89. The second kappa shape index (κ2) is 10.2. The minimum atomic E-state index is 0.407. The van der Waals surface area contributed by atoms with Gasteiger partial charge in [0, 0.05) is 19.1 Å². The van der Waals surface area contributed by atoms with Gasteiger partial charge in [-0.1, -0.05) is 37.3 Å². The first-order chi connectivity index (χ1) is 10.2. The summed E-state index contributed by atoms with van der Waals surface area (Å²) in [5.41, 5.74) is 1.36. The predicted octanol–water partition coefficient (Wildman–Crippen LogP) is 2.12. The van der Waals surface area contributed by atoms with Crippen LogP contribution in [0.25, 0.3) is 0 Å². The Morgan fingerprint density at radius 1 is 1.14 bits per heavy atom. The maximum atomic E-state index is 4.72. The van der Waals surface area contributed by atoms with Crippen molar-refractivity contribution < 1.29 is 0 Å². The van der Waals surface area contributed by atoms with Gasteiger partial charge >= 0.3 is 0 Å². The van der Waals surface area contributed by atoms with E-state index in [1.54, 1.807) is 0 Å². The van der Waals surface area contributed by atoms with E-state index in [9.17, 15) is 0 Å². The lowest BCUT2D eigenvalue weighted by atomic mass is 10.1. The molecule has 1 unspecified atom stereocenters. The van der Waals surface area contributed by atoms with Crippen molar-refractivity contribution in [2.75, 3.05) is 33.7 Å². The molecule has 0 bridgehead atoms. The third-order valence-electron chi connectivity index (χ3n) is 3.39. The Balaban J connectivity index is 2.63. The molecule has 0 saturated carbocycles. The van der Waals surface area contributed by atoms with Gasteiger partial charge < -0.3 is 15.5 Å². The zero-order chi connectivity index (χ0) is 15.5. The zero-order valence-electron chi connectivity index (χ0n) is 13.9. The second-order valence-electron chi connectivity index (χ2n) is 5.45. The molecule has 0 heterocycles. The Kier molecular flexibility index (Phi) is 8.51. The van der Waals surface area contributed by atoms with Crippen molar-refractivity contribution in [2.24, 2.45) is 4.99 Å². The standard InChI is InChI=1S/C17H30N4/c1-5-12-19-17(18-6-2)20-14-16(21(3)4)13-15-10-8-7-9-11-15/h7-11,16H,5-6,12-14H2,1-4H3,(H2,18,19,20). The van der Waals surface area contributed by atoms with Crippen molar-refractivity contribution in [2.45, 2.75) is 32.7 Å². The Bertz CT molecular complexity index is 401. The predicted molar refractivity (Wildman–Crippen MR) is 91.9 cm³/mol. The van der Waals surface area contributed by atoms with E-state index in [4.69, 9.17) is 4.99 Å². The van der Waals surface area contributed by atoms with Crippen LogP contribution in [0.3, 0.4) is 0 Å². The highest BCUT2D eigenvalue weighted by Crippen LogP contribution is 2.07. The van der Waals surface area contributed by atoms with E-state index < -0.39 is 0 Å². The molecule has 0 amide bonds. The fraction of sp³-hybridized carbons (Fsp3) is 0.588. The lowest BCUT2D eigenvalue weighted by Gasteiger charge is -2.23. The molecule has 1 atom stereocenters. The van der Waals surface area contributed by atoms with Gasteiger partial charge in [-0.2, -0.15) is 0 Å². The normalized spacial score (nSPS) is 13.3. The molecule has 0 radical (unpaired) electrons. The number of aliphatic imine (C=N–C) groups is 1. The van der Waals surface area contributed by atoms with Gasteiger partial charge in [0.1, 0.15) is 0 Å². The fourth-order valence-electron chi connectivity index (χ4n) is 2.08. The average Bonchev–Trinajstić information content (AvgIpc) is 2.49. The van der Waals surface area contributed by atoms with Crippen LogP contribution in [0.4, 0.5) is 0 Å². The molecule has 1 aromatic carbocycles. The number of rotatable bonds is 8. The minimum absolute atomic E-state index is 0.407. The van der Waals surface area contributed by atoms with Crippen molar-refractivity contribution in [1.82, 2.24) is 15.5 Å². The highest BCUT2D eigenvalue weighted by atomic mass is 15.2. The second-order valence-corrected chi connectivity index (χ2v) is 5.45. The van der Waals surface area contributed by atoms with Crippen molar-refractivity contribution in [3.63, 3.8) is 0 Å². The van der Waals surface area contributed by atoms with Gasteiger partial charge in [0.15, 0.2) is 5.96 Å². The highest BCUT2D eigenvalue weighted by Gasteiger charge is 2.12. The molecule has 0 fully saturated rings. The van der Waals surface area contributed by atoms with Gasteiger partial charge in [0.25, 0.3) is 0 Å². The molecule has 0 aliphatic carbocycles. The first-order valence-electron chi connectivity index (χ1n) is 7.89. The molecular formula is C17H30N4. The first kappa shape index (κ1) is 17.5. The number of hydrogen-bond donors (Lipinski definition) is 2. The van der Waals surface area contributed by atoms with Crippen LogP contribution < -0.4 is 10.6 Å². The zero-order valence-corrected chi connectivity index (χ0v) is 13.9. The third kappa shape index (κ3) is 7.14. The fourth-order valence-corrected chi connectivity index (χ4v) is 2.08. The SMILES string of the molecule is CCCNC(=NCC(Cc1ccccc1)N(C)C)NCC. The van der Waals surface area contributed by atoms with E-state index in [1.165, 1.54) is 5.56 Å². The number of benzene rings is 1. The topological polar surface area (TPSA) is 39.7 Å². The maximum absolute atomic E-state index is 4.72. The number of hydrogen-bond acceptors (Lipinski definition) is 2. The largest absolute Gasteiger partial charge is 0.357 e. The molecule has 2 N–H and O–H groups in total. The van der Waals surface area contributed by atoms with Crippen LogP contribution in [0.15, 0.2) is 35.3 Å². The molecule has 0 saturated heterocycles. The van der Waals surface area contributed by atoms with E-state index >= 15 is 0 Å². The first-order valence-corrected chi connectivity index (χ1v) is 7.89. The lowest BCUT2D eigenvalue weighted by molar-refractivity contribution is 0.298. The van der Waals surface area contributed by atoms with Crippen LogP contribution in [0.1, 0.15) is 25.8 Å². The Morgan fingerprint density at radius 2 is 1.86 bits per heavy atom. The number of guanidine groups is 1. The Morgan fingerprint density at radius 3 is 2.43 bits per heavy atom. The van der Waals surface area contributed by atoms with Gasteiger partial charge in [-0.25, -0.2) is 0 Å². The van der Waals surface area contributed by atoms with Gasteiger partial charge in [-0.15, -0.1) is 0 Å². The van der Waals surface area contributed by atoms with Crippen LogP contribution in [-0.2, 0) is 6.42 Å². The van der Waals surface area contributed by atoms with E-state index in [0.717, 1.165) is 38.4 Å². The number of likely N-dealkylation sites (N-methyl/N-ethyl adjacent to an activating group) is 1. The van der Waals surface area contributed by atoms with Crippen LogP contribution in [0.5, 0.6) is 0 Å². The summed E-state index contributed by atoms with van der Waals surface area (Å²) in [6.07, 6.45) is 2.12. The van der Waals surface area contributed by atoms with Crippen molar-refractivity contribution in [3.05, 3.63) is 35.9 Å². The summed E-state index contributed by atoms with van der Waals surface area (Å²) in [6, 6.07) is 11.0. The Labute approximate surface area is 129 Å². The number of nitrogens with zero attached hydrogens (tertiary/aromatic N) is 2. The highest BCUT2D eigenvalue weighted by molar-refractivity contribution is 5.79. The Hall–Kier alpha value is -1.55. The smallest absolute Gasteiger partial charge is 0.191 e. The van der Waals surface area contributed by atoms with E-state index in [0.29, 0.717) is 6.04 Å². The van der Waals surface area contributed by atoms with E-state index in [2.05, 4.69) is 73.8 Å². The summed E-state index contributed by atoms with van der Waals surface area (Å²) in [5.74, 6) is 0.916. The molecule has 0 aliphatic rings. The van der Waals surface area contributed by atoms with Crippen molar-refractivity contribution >= 4 is 5.96 Å². The monoisotopic (exact) mass is 290 g/mol. The van der Waals surface area contributed by atoms with Crippen LogP contribution >= 0.6 is 0 Å². The van der Waals surface area contributed by atoms with E-state index in [-0.39, 0.29) is 0 Å². The van der Waals surface area contributed by atoms with E-state index in [1.807, 2.05) is 0 Å². The maximum Gasteiger partial charge on any atom is 0.191 e. The molecule has 118 valence electrons. The molecule has 1 rings (SSSR count). The summed E-state index contributed by atoms with van der Waals surface area (Å²) in [5, 5.41) is 6.64. The molecule has 0 aliphatic heterocycles. The summed E-state index contributed by atoms with van der Waals surface area (Å²) < 4.78 is 0. The molecule has 0 aromatic heterocycles. The average molecular weight is 290 g/mol. The minimum Gasteiger partial charge on any atom is -0.357 e. The van der Waals surface area contributed by atoms with Gasteiger partial charge in [0.2, 0.25) is 0 Å². The quantitative estimate of drug-likeness (QED) is 0.569. The van der Waals surface area contributed by atoms with Crippen LogP contribution in [0.2, 0.25) is 0 Å². The van der Waals surface area contributed by atoms with Gasteiger partial charge in [-0.3, -0.25) is 4.99 Å². The summed E-state index contributed by atoms with van der Waals surface area (Å²) in [7, 11) is 4.24.